The number of hydrogen-bond acceptors (Lipinski definition) is 6. The van der Waals surface area contributed by atoms with Crippen LogP contribution in [0.25, 0.3) is 0 Å². The van der Waals surface area contributed by atoms with Crippen LogP contribution in [-0.4, -0.2) is 54.0 Å². The summed E-state index contributed by atoms with van der Waals surface area (Å²) in [5, 5.41) is 20.8. The Morgan fingerprint density at radius 2 is 2.00 bits per heavy atom. The van der Waals surface area contributed by atoms with E-state index in [2.05, 4.69) is 10.6 Å². The quantitative estimate of drug-likeness (QED) is 0.453. The molecule has 10 nitrogen and oxygen atoms in total. The van der Waals surface area contributed by atoms with Crippen molar-refractivity contribution < 1.29 is 27.9 Å². The first-order chi connectivity index (χ1) is 13.4. The van der Waals surface area contributed by atoms with E-state index in [1.807, 2.05) is 0 Å². The van der Waals surface area contributed by atoms with Crippen molar-refractivity contribution in [1.29, 1.82) is 0 Å². The SMILES string of the molecule is CC(O)(CN1C(=O)NC2(CCCC2)C1=O)C(=O)NCc1cccc(S(N)(=O)=O)c1. The van der Waals surface area contributed by atoms with E-state index in [1.54, 1.807) is 6.07 Å². The molecule has 29 heavy (non-hydrogen) atoms. The van der Waals surface area contributed by atoms with E-state index in [0.29, 0.717) is 18.4 Å². The summed E-state index contributed by atoms with van der Waals surface area (Å²) in [7, 11) is -3.88. The van der Waals surface area contributed by atoms with Crippen LogP contribution in [-0.2, 0) is 26.2 Å². The van der Waals surface area contributed by atoms with E-state index < -0.39 is 45.6 Å². The van der Waals surface area contributed by atoms with Crippen molar-refractivity contribution in [2.24, 2.45) is 5.14 Å². The molecule has 1 saturated carbocycles. The molecule has 1 aromatic rings. The highest BCUT2D eigenvalue weighted by Gasteiger charge is 2.54. The predicted molar refractivity (Wildman–Crippen MR) is 102 cm³/mol. The van der Waals surface area contributed by atoms with E-state index in [4.69, 9.17) is 5.14 Å². The molecule has 4 amide bonds. The number of carbonyl (C=O) groups excluding carboxylic acids is 3. The molecule has 3 rings (SSSR count). The third kappa shape index (κ3) is 4.26. The van der Waals surface area contributed by atoms with Crippen LogP contribution >= 0.6 is 0 Å². The van der Waals surface area contributed by atoms with Gasteiger partial charge in [-0.3, -0.25) is 14.5 Å². The molecule has 1 aromatic carbocycles. The van der Waals surface area contributed by atoms with Gasteiger partial charge in [0.05, 0.1) is 11.4 Å². The normalized spacial score (nSPS) is 20.6. The monoisotopic (exact) mass is 424 g/mol. The Labute approximate surface area is 168 Å². The maximum Gasteiger partial charge on any atom is 0.325 e. The predicted octanol–water partition coefficient (Wildman–Crippen LogP) is -0.434. The highest BCUT2D eigenvalue weighted by atomic mass is 32.2. The number of imide groups is 1. The number of rotatable bonds is 6. The second kappa shape index (κ2) is 7.39. The largest absolute Gasteiger partial charge is 0.378 e. The van der Waals surface area contributed by atoms with Crippen LogP contribution in [0.2, 0.25) is 0 Å². The van der Waals surface area contributed by atoms with E-state index in [1.165, 1.54) is 25.1 Å². The van der Waals surface area contributed by atoms with Crippen LogP contribution in [0.5, 0.6) is 0 Å². The van der Waals surface area contributed by atoms with Crippen LogP contribution in [0, 0.1) is 0 Å². The molecular weight excluding hydrogens is 400 g/mol. The maximum atomic E-state index is 12.7. The van der Waals surface area contributed by atoms with Gasteiger partial charge in [0.1, 0.15) is 5.54 Å². The van der Waals surface area contributed by atoms with Crippen molar-refractivity contribution in [1.82, 2.24) is 15.5 Å². The molecule has 5 N–H and O–H groups in total. The first kappa shape index (κ1) is 21.2. The Morgan fingerprint density at radius 1 is 1.34 bits per heavy atom. The third-order valence-corrected chi connectivity index (χ3v) is 6.25. The summed E-state index contributed by atoms with van der Waals surface area (Å²) in [5.74, 6) is -1.22. The summed E-state index contributed by atoms with van der Waals surface area (Å²) in [6, 6.07) is 5.09. The summed E-state index contributed by atoms with van der Waals surface area (Å²) in [6.45, 7) is 0.661. The van der Waals surface area contributed by atoms with Crippen LogP contribution in [0.1, 0.15) is 38.2 Å². The number of carbonyl (C=O) groups is 3. The molecule has 0 aromatic heterocycles. The van der Waals surface area contributed by atoms with Gasteiger partial charge < -0.3 is 15.7 Å². The standard InChI is InChI=1S/C18H24N4O6S/c1-17(26,11-22-15(24)18(21-16(22)25)7-2-3-8-18)14(23)20-10-12-5-4-6-13(9-12)29(19,27)28/h4-6,9,26H,2-3,7-8,10-11H2,1H3,(H,20,23)(H,21,25)(H2,19,27,28). The maximum absolute atomic E-state index is 12.7. The lowest BCUT2D eigenvalue weighted by Crippen LogP contribution is -2.53. The molecule has 1 aliphatic heterocycles. The first-order valence-corrected chi connectivity index (χ1v) is 10.8. The van der Waals surface area contributed by atoms with E-state index in [0.717, 1.165) is 17.7 Å². The Balaban J connectivity index is 1.65. The third-order valence-electron chi connectivity index (χ3n) is 5.34. The number of nitrogens with one attached hydrogen (secondary N) is 2. The Kier molecular flexibility index (Phi) is 5.41. The van der Waals surface area contributed by atoms with Gasteiger partial charge in [-0.1, -0.05) is 25.0 Å². The minimum atomic E-state index is -3.88. The first-order valence-electron chi connectivity index (χ1n) is 9.21. The van der Waals surface area contributed by atoms with Gasteiger partial charge >= 0.3 is 6.03 Å². The molecule has 1 heterocycles. The zero-order valence-electron chi connectivity index (χ0n) is 16.0. The van der Waals surface area contributed by atoms with Gasteiger partial charge in [0, 0.05) is 6.54 Å². The van der Waals surface area contributed by atoms with Crippen LogP contribution in [0.4, 0.5) is 4.79 Å². The lowest BCUT2D eigenvalue weighted by Gasteiger charge is -2.27. The molecule has 1 unspecified atom stereocenters. The molecular formula is C18H24N4O6S. The van der Waals surface area contributed by atoms with Crippen molar-refractivity contribution in [3.05, 3.63) is 29.8 Å². The van der Waals surface area contributed by atoms with Gasteiger partial charge in [-0.15, -0.1) is 0 Å². The molecule has 1 saturated heterocycles. The number of nitrogens with two attached hydrogens (primary N) is 1. The van der Waals surface area contributed by atoms with Gasteiger partial charge in [0.15, 0.2) is 5.60 Å². The second-order valence-corrected chi connectivity index (χ2v) is 9.32. The summed E-state index contributed by atoms with van der Waals surface area (Å²) in [4.78, 5) is 38.2. The molecule has 2 fully saturated rings. The summed E-state index contributed by atoms with van der Waals surface area (Å²) >= 11 is 0. The number of aliphatic hydroxyl groups is 1. The second-order valence-electron chi connectivity index (χ2n) is 7.76. The zero-order valence-corrected chi connectivity index (χ0v) is 16.8. The number of β-amino-alcohol motifs (C(OH)–C–C–N with tert-alkyl or cyclic N) is 1. The molecule has 0 radical (unpaired) electrons. The van der Waals surface area contributed by atoms with Crippen LogP contribution in [0.3, 0.4) is 0 Å². The Morgan fingerprint density at radius 3 is 2.62 bits per heavy atom. The van der Waals surface area contributed by atoms with Gasteiger partial charge in [-0.25, -0.2) is 18.4 Å². The Hall–Kier alpha value is -2.50. The fraction of sp³-hybridized carbons (Fsp3) is 0.500. The van der Waals surface area contributed by atoms with Gasteiger partial charge in [-0.05, 0) is 37.5 Å². The molecule has 1 aliphatic carbocycles. The lowest BCUT2D eigenvalue weighted by molar-refractivity contribution is -0.143. The molecule has 1 spiro atoms. The average molecular weight is 424 g/mol. The van der Waals surface area contributed by atoms with Gasteiger partial charge in [0.25, 0.3) is 11.8 Å². The molecule has 0 bridgehead atoms. The fourth-order valence-electron chi connectivity index (χ4n) is 3.72. The van der Waals surface area contributed by atoms with Crippen molar-refractivity contribution in [2.45, 2.75) is 55.2 Å². The van der Waals surface area contributed by atoms with E-state index in [9.17, 15) is 27.9 Å². The average Bonchev–Trinajstić information content (AvgIpc) is 3.20. The van der Waals surface area contributed by atoms with E-state index >= 15 is 0 Å². The molecule has 2 aliphatic rings. The van der Waals surface area contributed by atoms with Crippen molar-refractivity contribution >= 4 is 27.9 Å². The number of hydrogen-bond donors (Lipinski definition) is 4. The summed E-state index contributed by atoms with van der Waals surface area (Å²) in [6.07, 6.45) is 2.74. The number of primary sulfonamides is 1. The number of amides is 4. The smallest absolute Gasteiger partial charge is 0.325 e. The number of urea groups is 1. The van der Waals surface area contributed by atoms with Gasteiger partial charge in [-0.2, -0.15) is 0 Å². The van der Waals surface area contributed by atoms with Crippen LogP contribution < -0.4 is 15.8 Å². The minimum Gasteiger partial charge on any atom is -0.378 e. The van der Waals surface area contributed by atoms with Crippen molar-refractivity contribution in [3.63, 3.8) is 0 Å². The highest BCUT2D eigenvalue weighted by Crippen LogP contribution is 2.35. The summed E-state index contributed by atoms with van der Waals surface area (Å²) in [5.41, 5.74) is -2.48. The van der Waals surface area contributed by atoms with Gasteiger partial charge in [0.2, 0.25) is 10.0 Å². The highest BCUT2D eigenvalue weighted by molar-refractivity contribution is 7.89. The molecule has 158 valence electrons. The molecule has 1 atom stereocenters. The Bertz CT molecular complexity index is 953. The molecule has 11 heteroatoms. The summed E-state index contributed by atoms with van der Waals surface area (Å²) < 4.78 is 22.8. The number of benzene rings is 1. The van der Waals surface area contributed by atoms with Crippen LogP contribution in [0.15, 0.2) is 29.2 Å². The van der Waals surface area contributed by atoms with E-state index in [-0.39, 0.29) is 11.4 Å². The fourth-order valence-corrected chi connectivity index (χ4v) is 4.31. The minimum absolute atomic E-state index is 0.0670. The van der Waals surface area contributed by atoms with Crippen molar-refractivity contribution in [3.8, 4) is 0 Å². The number of sulfonamides is 1. The lowest BCUT2D eigenvalue weighted by atomic mass is 9.97. The number of nitrogens with zero attached hydrogens (tertiary/aromatic N) is 1. The van der Waals surface area contributed by atoms with Crippen molar-refractivity contribution in [2.75, 3.05) is 6.54 Å². The topological polar surface area (TPSA) is 159 Å². The zero-order chi connectivity index (χ0) is 21.4.